The fraction of sp³-hybridized carbons (Fsp3) is 0.625. The van der Waals surface area contributed by atoms with Crippen LogP contribution in [0.25, 0.3) is 0 Å². The van der Waals surface area contributed by atoms with E-state index in [9.17, 15) is 0 Å². The van der Waals surface area contributed by atoms with Gasteiger partial charge in [0.15, 0.2) is 0 Å². The lowest BCUT2D eigenvalue weighted by Crippen LogP contribution is -2.38. The first-order valence-corrected chi connectivity index (χ1v) is 12.9. The standard InChI is InChI=1S/C16H27IO2Si/c1-3-5-6-7-8-12-15-20(17,18-4-2)19-16-13-10-9-11-14-16/h9-11,13-14H,3-8,12,15H2,1-2H3. The smallest absolute Gasteiger partial charge is 0.468 e. The molecule has 1 aromatic carbocycles. The molecule has 0 amide bonds. The van der Waals surface area contributed by atoms with Gasteiger partial charge in [0.2, 0.25) is 0 Å². The molecule has 4 heteroatoms. The molecule has 0 aliphatic carbocycles. The van der Waals surface area contributed by atoms with Gasteiger partial charge in [0.25, 0.3) is 0 Å². The van der Waals surface area contributed by atoms with E-state index >= 15 is 0 Å². The van der Waals surface area contributed by atoms with Gasteiger partial charge in [-0.05, 0) is 47.3 Å². The molecule has 0 fully saturated rings. The monoisotopic (exact) mass is 406 g/mol. The Kier molecular flexibility index (Phi) is 9.55. The average molecular weight is 406 g/mol. The van der Waals surface area contributed by atoms with Crippen LogP contribution in [0.2, 0.25) is 6.04 Å². The number of unbranched alkanes of at least 4 members (excludes halogenated alkanes) is 5. The van der Waals surface area contributed by atoms with Gasteiger partial charge in [0, 0.05) is 12.7 Å². The molecule has 114 valence electrons. The number of halogens is 1. The van der Waals surface area contributed by atoms with Crippen molar-refractivity contribution in [3.8, 4) is 5.75 Å². The summed E-state index contributed by atoms with van der Waals surface area (Å²) in [5.41, 5.74) is 0. The van der Waals surface area contributed by atoms with E-state index in [2.05, 4.69) is 35.6 Å². The highest BCUT2D eigenvalue weighted by molar-refractivity contribution is 14.1. The fourth-order valence-corrected chi connectivity index (χ4v) is 6.89. The number of rotatable bonds is 11. The molecule has 0 aromatic heterocycles. The second-order valence-electron chi connectivity index (χ2n) is 5.03. The second-order valence-corrected chi connectivity index (χ2v) is 12.3. The van der Waals surface area contributed by atoms with Crippen molar-refractivity contribution >= 4 is 27.9 Å². The number of hydrogen-bond acceptors (Lipinski definition) is 2. The quantitative estimate of drug-likeness (QED) is 0.199. The Morgan fingerprint density at radius 1 is 0.950 bits per heavy atom. The number of benzene rings is 1. The Morgan fingerprint density at radius 2 is 1.60 bits per heavy atom. The summed E-state index contributed by atoms with van der Waals surface area (Å²) in [6.07, 6.45) is 7.88. The largest absolute Gasteiger partial charge is 0.513 e. The summed E-state index contributed by atoms with van der Waals surface area (Å²) in [7, 11) is 0. The molecule has 0 saturated heterocycles. The predicted molar refractivity (Wildman–Crippen MR) is 96.7 cm³/mol. The van der Waals surface area contributed by atoms with Crippen LogP contribution in [0.1, 0.15) is 52.4 Å². The lowest BCUT2D eigenvalue weighted by Gasteiger charge is -2.25. The Labute approximate surface area is 137 Å². The van der Waals surface area contributed by atoms with Crippen LogP contribution in [-0.2, 0) is 4.43 Å². The van der Waals surface area contributed by atoms with E-state index < -0.39 is 6.06 Å². The van der Waals surface area contributed by atoms with E-state index in [0.717, 1.165) is 18.4 Å². The highest BCUT2D eigenvalue weighted by Gasteiger charge is 2.35. The fourth-order valence-electron chi connectivity index (χ4n) is 2.15. The SMILES string of the molecule is CCCCCCCC[Si](I)(OCC)Oc1ccccc1. The van der Waals surface area contributed by atoms with Crippen molar-refractivity contribution < 1.29 is 8.85 Å². The average Bonchev–Trinajstić information content (AvgIpc) is 2.44. The van der Waals surface area contributed by atoms with Gasteiger partial charge in [0.05, 0.1) is 0 Å². The van der Waals surface area contributed by atoms with Gasteiger partial charge >= 0.3 is 6.06 Å². The maximum Gasteiger partial charge on any atom is 0.468 e. The van der Waals surface area contributed by atoms with E-state index in [0.29, 0.717) is 0 Å². The molecule has 0 heterocycles. The van der Waals surface area contributed by atoms with E-state index in [4.69, 9.17) is 8.85 Å². The summed E-state index contributed by atoms with van der Waals surface area (Å²) in [5.74, 6) is 0.938. The Morgan fingerprint density at radius 3 is 2.25 bits per heavy atom. The maximum absolute atomic E-state index is 6.17. The molecule has 1 rings (SSSR count). The topological polar surface area (TPSA) is 18.5 Å². The van der Waals surface area contributed by atoms with Crippen molar-refractivity contribution in [3.63, 3.8) is 0 Å². The minimum Gasteiger partial charge on any atom is -0.513 e. The Hall–Kier alpha value is -0.0731. The number of hydrogen-bond donors (Lipinski definition) is 0. The first-order chi connectivity index (χ1) is 9.70. The zero-order valence-corrected chi connectivity index (χ0v) is 15.9. The van der Waals surface area contributed by atoms with Gasteiger partial charge in [-0.2, -0.15) is 0 Å². The second kappa shape index (κ2) is 10.6. The van der Waals surface area contributed by atoms with Crippen LogP contribution >= 0.6 is 21.8 Å². The summed E-state index contributed by atoms with van der Waals surface area (Å²) in [6, 6.07) is 9.05. The first kappa shape index (κ1) is 18.0. The van der Waals surface area contributed by atoms with Gasteiger partial charge in [-0.15, -0.1) is 0 Å². The molecule has 0 aliphatic heterocycles. The van der Waals surface area contributed by atoms with Crippen LogP contribution in [0.3, 0.4) is 0 Å². The third-order valence-corrected chi connectivity index (χ3v) is 8.63. The van der Waals surface area contributed by atoms with Gasteiger partial charge in [0.1, 0.15) is 5.75 Å². The van der Waals surface area contributed by atoms with E-state index in [-0.39, 0.29) is 0 Å². The molecule has 0 aliphatic rings. The molecule has 0 spiro atoms. The summed E-state index contributed by atoms with van der Waals surface area (Å²) < 4.78 is 12.1. The molecule has 0 N–H and O–H groups in total. The summed E-state index contributed by atoms with van der Waals surface area (Å²) >= 11 is 2.44. The molecule has 20 heavy (non-hydrogen) atoms. The molecule has 2 nitrogen and oxygen atoms in total. The Bertz CT molecular complexity index is 348. The highest BCUT2D eigenvalue weighted by atomic mass is 127. The van der Waals surface area contributed by atoms with E-state index in [1.807, 2.05) is 30.3 Å². The van der Waals surface area contributed by atoms with Crippen LogP contribution < -0.4 is 4.43 Å². The number of para-hydroxylation sites is 1. The Balaban J connectivity index is 2.37. The van der Waals surface area contributed by atoms with Gasteiger partial charge in [-0.25, -0.2) is 0 Å². The molecule has 0 saturated carbocycles. The molecule has 0 bridgehead atoms. The lowest BCUT2D eigenvalue weighted by atomic mass is 10.1. The molecule has 1 aromatic rings. The molecular weight excluding hydrogens is 379 g/mol. The minimum atomic E-state index is -2.09. The van der Waals surface area contributed by atoms with Crippen LogP contribution in [0.15, 0.2) is 30.3 Å². The van der Waals surface area contributed by atoms with Crippen LogP contribution in [0, 0.1) is 0 Å². The third kappa shape index (κ3) is 7.64. The summed E-state index contributed by atoms with van der Waals surface area (Å²) in [6.45, 7) is 5.04. The van der Waals surface area contributed by atoms with Crippen molar-refractivity contribution in [2.75, 3.05) is 6.61 Å². The van der Waals surface area contributed by atoms with Crippen molar-refractivity contribution in [2.24, 2.45) is 0 Å². The molecular formula is C16H27IO2Si. The predicted octanol–water partition coefficient (Wildman–Crippen LogP) is 5.84. The van der Waals surface area contributed by atoms with Gasteiger partial charge < -0.3 is 8.85 Å². The highest BCUT2D eigenvalue weighted by Crippen LogP contribution is 2.27. The normalized spacial score (nSPS) is 13.9. The minimum absolute atomic E-state index is 0.734. The van der Waals surface area contributed by atoms with Crippen LogP contribution in [0.4, 0.5) is 0 Å². The molecule has 1 atom stereocenters. The van der Waals surface area contributed by atoms with Crippen molar-refractivity contribution in [1.29, 1.82) is 0 Å². The van der Waals surface area contributed by atoms with Gasteiger partial charge in [-0.1, -0.05) is 57.2 Å². The van der Waals surface area contributed by atoms with Crippen LogP contribution in [-0.4, -0.2) is 12.7 Å². The van der Waals surface area contributed by atoms with Gasteiger partial charge in [-0.3, -0.25) is 0 Å². The summed E-state index contributed by atoms with van der Waals surface area (Å²) in [5, 5.41) is 0. The zero-order valence-electron chi connectivity index (χ0n) is 12.7. The molecule has 1 unspecified atom stereocenters. The first-order valence-electron chi connectivity index (χ1n) is 7.77. The van der Waals surface area contributed by atoms with E-state index in [1.54, 1.807) is 0 Å². The molecule has 0 radical (unpaired) electrons. The van der Waals surface area contributed by atoms with Crippen molar-refractivity contribution in [3.05, 3.63) is 30.3 Å². The van der Waals surface area contributed by atoms with Crippen molar-refractivity contribution in [2.45, 2.75) is 58.4 Å². The van der Waals surface area contributed by atoms with E-state index in [1.165, 1.54) is 38.5 Å². The lowest BCUT2D eigenvalue weighted by molar-refractivity contribution is 0.275. The third-order valence-electron chi connectivity index (χ3n) is 3.20. The zero-order chi connectivity index (χ0) is 14.7. The van der Waals surface area contributed by atoms with Crippen molar-refractivity contribution in [1.82, 2.24) is 0 Å². The maximum atomic E-state index is 6.17. The van der Waals surface area contributed by atoms with Crippen LogP contribution in [0.5, 0.6) is 5.75 Å². The summed E-state index contributed by atoms with van der Waals surface area (Å²) in [4.78, 5) is 0.